The van der Waals surface area contributed by atoms with E-state index in [1.165, 1.54) is 6.07 Å². The molecule has 0 saturated carbocycles. The van der Waals surface area contributed by atoms with Crippen molar-refractivity contribution in [1.29, 1.82) is 0 Å². The minimum Gasteiger partial charge on any atom is -0.443 e. The first kappa shape index (κ1) is 17.2. The summed E-state index contributed by atoms with van der Waals surface area (Å²) in [6, 6.07) is 5.92. The van der Waals surface area contributed by atoms with E-state index in [9.17, 15) is 13.6 Å². The van der Waals surface area contributed by atoms with Crippen molar-refractivity contribution in [2.75, 3.05) is 0 Å². The maximum atomic E-state index is 12.3. The minimum absolute atomic E-state index is 0.0542. The lowest BCUT2D eigenvalue weighted by Crippen LogP contribution is -2.42. The predicted octanol–water partition coefficient (Wildman–Crippen LogP) is 3.38. The van der Waals surface area contributed by atoms with Crippen LogP contribution in [-0.2, 0) is 4.74 Å². The molecular formula is C14H20F2N2O3. The molecule has 0 saturated heterocycles. The van der Waals surface area contributed by atoms with Crippen molar-refractivity contribution in [1.82, 2.24) is 10.9 Å². The quantitative estimate of drug-likeness (QED) is 0.819. The van der Waals surface area contributed by atoms with E-state index in [0.717, 1.165) is 0 Å². The molecule has 0 aliphatic heterocycles. The normalized spacial score (nSPS) is 12.9. The van der Waals surface area contributed by atoms with Crippen molar-refractivity contribution in [2.24, 2.45) is 0 Å². The SMILES string of the molecule is CC(NNC(=O)OC(C)(C)C)c1ccccc1OC(F)F. The van der Waals surface area contributed by atoms with E-state index in [2.05, 4.69) is 15.6 Å². The second-order valence-electron chi connectivity index (χ2n) is 5.41. The number of hydrogen-bond acceptors (Lipinski definition) is 4. The first-order valence-corrected chi connectivity index (χ1v) is 6.47. The van der Waals surface area contributed by atoms with Crippen LogP contribution in [-0.4, -0.2) is 18.3 Å². The maximum Gasteiger partial charge on any atom is 0.422 e. The van der Waals surface area contributed by atoms with E-state index in [1.807, 2.05) is 0 Å². The van der Waals surface area contributed by atoms with Crippen molar-refractivity contribution >= 4 is 6.09 Å². The summed E-state index contributed by atoms with van der Waals surface area (Å²) in [5.74, 6) is 0.0542. The van der Waals surface area contributed by atoms with Gasteiger partial charge in [0, 0.05) is 5.56 Å². The lowest BCUT2D eigenvalue weighted by molar-refractivity contribution is -0.0507. The van der Waals surface area contributed by atoms with Crippen LogP contribution in [0.3, 0.4) is 0 Å². The van der Waals surface area contributed by atoms with Crippen LogP contribution in [0.4, 0.5) is 13.6 Å². The summed E-state index contributed by atoms with van der Waals surface area (Å²) in [7, 11) is 0. The second-order valence-corrected chi connectivity index (χ2v) is 5.41. The van der Waals surface area contributed by atoms with Gasteiger partial charge in [0.1, 0.15) is 11.4 Å². The van der Waals surface area contributed by atoms with Gasteiger partial charge >= 0.3 is 12.7 Å². The number of para-hydroxylation sites is 1. The summed E-state index contributed by atoms with van der Waals surface area (Å²) in [5, 5.41) is 0. The van der Waals surface area contributed by atoms with Crippen LogP contribution in [0.5, 0.6) is 5.75 Å². The first-order valence-electron chi connectivity index (χ1n) is 6.47. The summed E-state index contributed by atoms with van der Waals surface area (Å²) < 4.78 is 34.2. The molecular weight excluding hydrogens is 282 g/mol. The number of halogens is 2. The van der Waals surface area contributed by atoms with E-state index in [4.69, 9.17) is 4.74 Å². The van der Waals surface area contributed by atoms with Crippen molar-refractivity contribution in [3.63, 3.8) is 0 Å². The lowest BCUT2D eigenvalue weighted by atomic mass is 10.1. The zero-order chi connectivity index (χ0) is 16.0. The summed E-state index contributed by atoms with van der Waals surface area (Å²) in [4.78, 5) is 11.5. The minimum atomic E-state index is -2.91. The maximum absolute atomic E-state index is 12.3. The van der Waals surface area contributed by atoms with Crippen LogP contribution in [0.1, 0.15) is 39.3 Å². The fourth-order valence-electron chi connectivity index (χ4n) is 1.59. The Bertz CT molecular complexity index is 476. The molecule has 0 aliphatic rings. The molecule has 1 aromatic rings. The Balaban J connectivity index is 2.63. The molecule has 1 aromatic carbocycles. The molecule has 0 spiro atoms. The number of amides is 1. The van der Waals surface area contributed by atoms with E-state index >= 15 is 0 Å². The summed E-state index contributed by atoms with van der Waals surface area (Å²) in [6.45, 7) is 4.01. The molecule has 0 aliphatic carbocycles. The van der Waals surface area contributed by atoms with Crippen molar-refractivity contribution < 1.29 is 23.0 Å². The molecule has 1 unspecified atom stereocenters. The number of carbonyl (C=O) groups is 1. The number of ether oxygens (including phenoxy) is 2. The van der Waals surface area contributed by atoms with Gasteiger partial charge in [-0.15, -0.1) is 0 Å². The standard InChI is InChI=1S/C14H20F2N2O3/c1-9(17-18-13(19)21-14(2,3)4)10-7-5-6-8-11(10)20-12(15)16/h5-9,12,17H,1-4H3,(H,18,19). The number of benzene rings is 1. The molecule has 1 amide bonds. The molecule has 5 nitrogen and oxygen atoms in total. The highest BCUT2D eigenvalue weighted by molar-refractivity contribution is 5.67. The summed E-state index contributed by atoms with van der Waals surface area (Å²) in [5.41, 5.74) is 4.92. The van der Waals surface area contributed by atoms with E-state index in [-0.39, 0.29) is 5.75 Å². The third-order valence-electron chi connectivity index (χ3n) is 2.39. The van der Waals surface area contributed by atoms with Gasteiger partial charge in [-0.25, -0.2) is 10.2 Å². The van der Waals surface area contributed by atoms with Crippen LogP contribution in [0.25, 0.3) is 0 Å². The van der Waals surface area contributed by atoms with Crippen LogP contribution < -0.4 is 15.6 Å². The molecule has 118 valence electrons. The molecule has 0 radical (unpaired) electrons. The van der Waals surface area contributed by atoms with Crippen LogP contribution in [0, 0.1) is 0 Å². The van der Waals surface area contributed by atoms with Crippen molar-refractivity contribution in [3.8, 4) is 5.75 Å². The Morgan fingerprint density at radius 2 is 1.86 bits per heavy atom. The zero-order valence-electron chi connectivity index (χ0n) is 12.4. The van der Waals surface area contributed by atoms with E-state index in [0.29, 0.717) is 5.56 Å². The molecule has 0 fully saturated rings. The summed E-state index contributed by atoms with van der Waals surface area (Å²) in [6.07, 6.45) is -0.651. The van der Waals surface area contributed by atoms with E-state index < -0.39 is 24.3 Å². The molecule has 0 aromatic heterocycles. The highest BCUT2D eigenvalue weighted by atomic mass is 19.3. The largest absolute Gasteiger partial charge is 0.443 e. The summed E-state index contributed by atoms with van der Waals surface area (Å²) >= 11 is 0. The number of nitrogens with one attached hydrogen (secondary N) is 2. The fourth-order valence-corrected chi connectivity index (χ4v) is 1.59. The van der Waals surface area contributed by atoms with Gasteiger partial charge < -0.3 is 9.47 Å². The Morgan fingerprint density at radius 3 is 2.43 bits per heavy atom. The van der Waals surface area contributed by atoms with E-state index in [1.54, 1.807) is 45.9 Å². The Labute approximate surface area is 122 Å². The molecule has 2 N–H and O–H groups in total. The van der Waals surface area contributed by atoms with Crippen molar-refractivity contribution in [2.45, 2.75) is 45.9 Å². The van der Waals surface area contributed by atoms with Gasteiger partial charge in [0.2, 0.25) is 0 Å². The Hall–Kier alpha value is -1.89. The predicted molar refractivity (Wildman–Crippen MR) is 74.0 cm³/mol. The van der Waals surface area contributed by atoms with Crippen LogP contribution in [0.2, 0.25) is 0 Å². The number of hydrogen-bond donors (Lipinski definition) is 2. The van der Waals surface area contributed by atoms with Crippen LogP contribution in [0.15, 0.2) is 24.3 Å². The molecule has 21 heavy (non-hydrogen) atoms. The van der Waals surface area contributed by atoms with Gasteiger partial charge in [-0.1, -0.05) is 18.2 Å². The average molecular weight is 302 g/mol. The first-order chi connectivity index (χ1) is 9.69. The number of carbonyl (C=O) groups excluding carboxylic acids is 1. The second kappa shape index (κ2) is 7.21. The Morgan fingerprint density at radius 1 is 1.24 bits per heavy atom. The average Bonchev–Trinajstić information content (AvgIpc) is 2.34. The Kier molecular flexibility index (Phi) is 5.90. The highest BCUT2D eigenvalue weighted by Crippen LogP contribution is 2.25. The molecule has 0 bridgehead atoms. The third kappa shape index (κ3) is 6.40. The van der Waals surface area contributed by atoms with Gasteiger partial charge in [-0.05, 0) is 33.8 Å². The molecule has 1 rings (SSSR count). The smallest absolute Gasteiger partial charge is 0.422 e. The van der Waals surface area contributed by atoms with Crippen LogP contribution >= 0.6 is 0 Å². The van der Waals surface area contributed by atoms with Gasteiger partial charge in [0.05, 0.1) is 6.04 Å². The topological polar surface area (TPSA) is 59.6 Å². The van der Waals surface area contributed by atoms with Crippen molar-refractivity contribution in [3.05, 3.63) is 29.8 Å². The third-order valence-corrected chi connectivity index (χ3v) is 2.39. The van der Waals surface area contributed by atoms with Gasteiger partial charge in [-0.2, -0.15) is 8.78 Å². The van der Waals surface area contributed by atoms with Gasteiger partial charge in [0.25, 0.3) is 0 Å². The molecule has 1 atom stereocenters. The lowest BCUT2D eigenvalue weighted by Gasteiger charge is -2.22. The van der Waals surface area contributed by atoms with Gasteiger partial charge in [-0.3, -0.25) is 5.43 Å². The highest BCUT2D eigenvalue weighted by Gasteiger charge is 2.18. The number of hydrazine groups is 1. The number of rotatable bonds is 5. The zero-order valence-corrected chi connectivity index (χ0v) is 12.4. The monoisotopic (exact) mass is 302 g/mol. The fraction of sp³-hybridized carbons (Fsp3) is 0.500. The van der Waals surface area contributed by atoms with Gasteiger partial charge in [0.15, 0.2) is 0 Å². The number of alkyl halides is 2. The molecule has 7 heteroatoms. The molecule has 0 heterocycles.